The van der Waals surface area contributed by atoms with Gasteiger partial charge in [0.2, 0.25) is 0 Å². The molecular weight excluding hydrogens is 386 g/mol. The Morgan fingerprint density at radius 1 is 1.00 bits per heavy atom. The molecule has 1 aliphatic heterocycles. The van der Waals surface area contributed by atoms with Gasteiger partial charge in [-0.05, 0) is 58.9 Å². The first kappa shape index (κ1) is 23.5. The zero-order valence-electron chi connectivity index (χ0n) is 17.8. The van der Waals surface area contributed by atoms with Crippen molar-refractivity contribution >= 4 is 36.6 Å². The van der Waals surface area contributed by atoms with Crippen molar-refractivity contribution in [2.75, 3.05) is 13.7 Å². The molecule has 1 heterocycles. The SMILES string of the molecule is CO/N=C1/C(=O)OC(C(CO[Si](C)(C)C)O[Si](C)(C)C)C1O[Si](C)(C)C. The van der Waals surface area contributed by atoms with E-state index in [-0.39, 0.29) is 5.71 Å². The van der Waals surface area contributed by atoms with Crippen LogP contribution in [0.1, 0.15) is 0 Å². The van der Waals surface area contributed by atoms with E-state index >= 15 is 0 Å². The maximum absolute atomic E-state index is 12.4. The van der Waals surface area contributed by atoms with E-state index in [0.29, 0.717) is 6.61 Å². The Morgan fingerprint density at radius 3 is 2.00 bits per heavy atom. The van der Waals surface area contributed by atoms with Gasteiger partial charge in [-0.1, -0.05) is 5.16 Å². The van der Waals surface area contributed by atoms with E-state index in [1.54, 1.807) is 0 Å². The molecule has 0 aromatic heterocycles. The maximum Gasteiger partial charge on any atom is 0.359 e. The average Bonchev–Trinajstić information content (AvgIpc) is 2.69. The standard InChI is InChI=1S/C16H35NO6Si3/c1-19-17-13-15(23-26(8,9)10)14(21-16(13)18)12(22-25(5,6)7)11-20-24(2,3)4/h12,14-15H,11H2,1-10H3/b17-13+. The van der Waals surface area contributed by atoms with Gasteiger partial charge in [0.15, 0.2) is 36.8 Å². The molecule has 0 aliphatic carbocycles. The second-order valence-electron chi connectivity index (χ2n) is 9.37. The number of nitrogens with zero attached hydrogens (tertiary/aromatic N) is 1. The third-order valence-electron chi connectivity index (χ3n) is 3.24. The first-order valence-electron chi connectivity index (χ1n) is 8.94. The summed E-state index contributed by atoms with van der Waals surface area (Å²) in [6.45, 7) is 19.2. The van der Waals surface area contributed by atoms with E-state index in [0.717, 1.165) is 0 Å². The molecule has 3 atom stereocenters. The van der Waals surface area contributed by atoms with Gasteiger partial charge >= 0.3 is 5.97 Å². The van der Waals surface area contributed by atoms with E-state index in [1.807, 2.05) is 0 Å². The van der Waals surface area contributed by atoms with Crippen LogP contribution >= 0.6 is 0 Å². The molecule has 7 nitrogen and oxygen atoms in total. The second-order valence-corrected chi connectivity index (χ2v) is 22.8. The topological polar surface area (TPSA) is 75.6 Å². The number of hydrogen-bond acceptors (Lipinski definition) is 7. The van der Waals surface area contributed by atoms with Crippen molar-refractivity contribution in [2.24, 2.45) is 5.16 Å². The normalized spacial score (nSPS) is 24.7. The van der Waals surface area contributed by atoms with Gasteiger partial charge in [0.25, 0.3) is 0 Å². The summed E-state index contributed by atoms with van der Waals surface area (Å²) in [5.41, 5.74) is 0.164. The Kier molecular flexibility index (Phi) is 7.82. The Hall–Kier alpha value is -0.529. The molecule has 1 fully saturated rings. The highest BCUT2D eigenvalue weighted by Gasteiger charge is 2.50. The van der Waals surface area contributed by atoms with Gasteiger partial charge in [0.1, 0.15) is 19.3 Å². The van der Waals surface area contributed by atoms with Crippen molar-refractivity contribution in [1.29, 1.82) is 0 Å². The Labute approximate surface area is 160 Å². The van der Waals surface area contributed by atoms with Crippen LogP contribution in [0.4, 0.5) is 0 Å². The number of carbonyl (C=O) groups excluding carboxylic acids is 1. The van der Waals surface area contributed by atoms with Crippen LogP contribution in [0.3, 0.4) is 0 Å². The van der Waals surface area contributed by atoms with E-state index in [1.165, 1.54) is 7.11 Å². The quantitative estimate of drug-likeness (QED) is 0.323. The van der Waals surface area contributed by atoms with Crippen LogP contribution in [0.25, 0.3) is 0 Å². The summed E-state index contributed by atoms with van der Waals surface area (Å²) in [6, 6.07) is 0. The largest absolute Gasteiger partial charge is 0.452 e. The minimum atomic E-state index is -1.97. The van der Waals surface area contributed by atoms with Crippen molar-refractivity contribution in [2.45, 2.75) is 77.2 Å². The van der Waals surface area contributed by atoms with Crippen LogP contribution in [-0.4, -0.2) is 68.7 Å². The summed E-state index contributed by atoms with van der Waals surface area (Å²) < 4.78 is 24.3. The van der Waals surface area contributed by atoms with Gasteiger partial charge in [-0.15, -0.1) is 0 Å². The summed E-state index contributed by atoms with van der Waals surface area (Å²) >= 11 is 0. The Bertz CT molecular complexity index is 522. The van der Waals surface area contributed by atoms with Gasteiger partial charge in [0, 0.05) is 0 Å². The first-order valence-corrected chi connectivity index (χ1v) is 19.2. The predicted octanol–water partition coefficient (Wildman–Crippen LogP) is 3.21. The number of cyclic esters (lactones) is 1. The highest BCUT2D eigenvalue weighted by Crippen LogP contribution is 2.27. The highest BCUT2D eigenvalue weighted by molar-refractivity contribution is 6.70. The minimum absolute atomic E-state index is 0.164. The molecule has 0 radical (unpaired) electrons. The van der Waals surface area contributed by atoms with E-state index in [2.05, 4.69) is 64.1 Å². The molecule has 3 unspecified atom stereocenters. The predicted molar refractivity (Wildman–Crippen MR) is 110 cm³/mol. The molecule has 1 aliphatic rings. The summed E-state index contributed by atoms with van der Waals surface area (Å²) in [7, 11) is -4.23. The average molecular weight is 422 g/mol. The van der Waals surface area contributed by atoms with Crippen LogP contribution in [0.5, 0.6) is 0 Å². The number of carbonyl (C=O) groups is 1. The Morgan fingerprint density at radius 2 is 1.58 bits per heavy atom. The smallest absolute Gasteiger partial charge is 0.359 e. The fourth-order valence-corrected chi connectivity index (χ4v) is 5.24. The van der Waals surface area contributed by atoms with Gasteiger partial charge in [-0.25, -0.2) is 4.79 Å². The number of hydrogen-bond donors (Lipinski definition) is 0. The number of oxime groups is 1. The Balaban J connectivity index is 3.17. The zero-order valence-corrected chi connectivity index (χ0v) is 20.8. The highest BCUT2D eigenvalue weighted by atomic mass is 28.4. The lowest BCUT2D eigenvalue weighted by molar-refractivity contribution is -0.144. The lowest BCUT2D eigenvalue weighted by Crippen LogP contribution is -2.51. The number of rotatable bonds is 9. The number of ether oxygens (including phenoxy) is 1. The van der Waals surface area contributed by atoms with E-state index in [4.69, 9.17) is 22.9 Å². The first-order chi connectivity index (χ1) is 11.6. The summed E-state index contributed by atoms with van der Waals surface area (Å²) in [5, 5.41) is 3.87. The van der Waals surface area contributed by atoms with Crippen LogP contribution in [0.15, 0.2) is 5.16 Å². The van der Waals surface area contributed by atoms with Crippen molar-refractivity contribution in [3.63, 3.8) is 0 Å². The van der Waals surface area contributed by atoms with Crippen molar-refractivity contribution in [3.05, 3.63) is 0 Å². The molecular formula is C16H35NO6Si3. The van der Waals surface area contributed by atoms with Gasteiger partial charge in [-0.2, -0.15) is 0 Å². The molecule has 0 saturated carbocycles. The molecule has 0 aromatic rings. The fourth-order valence-electron chi connectivity index (χ4n) is 2.46. The van der Waals surface area contributed by atoms with E-state index in [9.17, 15) is 4.79 Å². The molecule has 0 bridgehead atoms. The molecule has 0 spiro atoms. The molecule has 1 rings (SSSR count). The van der Waals surface area contributed by atoms with Crippen LogP contribution in [0, 0.1) is 0 Å². The molecule has 10 heteroatoms. The van der Waals surface area contributed by atoms with E-state index < -0.39 is 49.2 Å². The molecule has 1 saturated heterocycles. The van der Waals surface area contributed by atoms with Crippen LogP contribution < -0.4 is 0 Å². The zero-order chi connectivity index (χ0) is 20.3. The lowest BCUT2D eigenvalue weighted by Gasteiger charge is -2.35. The lowest BCUT2D eigenvalue weighted by atomic mass is 10.1. The second kappa shape index (κ2) is 8.65. The van der Waals surface area contributed by atoms with Crippen molar-refractivity contribution in [1.82, 2.24) is 0 Å². The number of esters is 1. The van der Waals surface area contributed by atoms with Gasteiger partial charge < -0.3 is 22.9 Å². The summed E-state index contributed by atoms with van der Waals surface area (Å²) in [4.78, 5) is 17.2. The third kappa shape index (κ3) is 8.01. The third-order valence-corrected chi connectivity index (χ3v) is 6.25. The molecule has 152 valence electrons. The maximum atomic E-state index is 12.4. The van der Waals surface area contributed by atoms with Crippen molar-refractivity contribution in [3.8, 4) is 0 Å². The summed E-state index contributed by atoms with van der Waals surface area (Å²) in [6.07, 6.45) is -1.60. The van der Waals surface area contributed by atoms with Crippen LogP contribution in [0.2, 0.25) is 58.9 Å². The van der Waals surface area contributed by atoms with Crippen LogP contribution in [-0.2, 0) is 27.6 Å². The van der Waals surface area contributed by atoms with Gasteiger partial charge in [0.05, 0.1) is 6.61 Å². The van der Waals surface area contributed by atoms with Crippen molar-refractivity contribution < 1.29 is 27.6 Å². The molecule has 0 amide bonds. The minimum Gasteiger partial charge on any atom is -0.452 e. The molecule has 0 N–H and O–H groups in total. The monoisotopic (exact) mass is 421 g/mol. The molecule has 26 heavy (non-hydrogen) atoms. The summed E-state index contributed by atoms with van der Waals surface area (Å²) in [5.74, 6) is -0.516. The fraction of sp³-hybridized carbons (Fsp3) is 0.875. The molecule has 0 aromatic carbocycles. The van der Waals surface area contributed by atoms with Gasteiger partial charge in [-0.3, -0.25) is 0 Å².